The highest BCUT2D eigenvalue weighted by atomic mass is 32.2. The Morgan fingerprint density at radius 2 is 1.81 bits per heavy atom. The van der Waals surface area contributed by atoms with Crippen LogP contribution in [-0.4, -0.2) is 21.4 Å². The fourth-order valence-electron chi connectivity index (χ4n) is 2.35. The SMILES string of the molecule is CNS(=O)(=O)c1cccc(CNC(=O)/C=C/c2ccc(C(C)C)cc2)c1. The van der Waals surface area contributed by atoms with Crippen molar-refractivity contribution < 1.29 is 13.2 Å². The van der Waals surface area contributed by atoms with Crippen molar-refractivity contribution in [2.45, 2.75) is 31.2 Å². The van der Waals surface area contributed by atoms with Gasteiger partial charge in [0.25, 0.3) is 0 Å². The van der Waals surface area contributed by atoms with Crippen LogP contribution in [0.15, 0.2) is 59.5 Å². The molecule has 6 heteroatoms. The maximum Gasteiger partial charge on any atom is 0.244 e. The van der Waals surface area contributed by atoms with Crippen molar-refractivity contribution in [3.8, 4) is 0 Å². The number of hydrogen-bond donors (Lipinski definition) is 2. The first kappa shape index (κ1) is 19.9. The smallest absolute Gasteiger partial charge is 0.244 e. The normalized spacial score (nSPS) is 11.8. The summed E-state index contributed by atoms with van der Waals surface area (Å²) in [6.07, 6.45) is 3.22. The Bertz CT molecular complexity index is 886. The summed E-state index contributed by atoms with van der Waals surface area (Å²) in [5.74, 6) is 0.235. The third kappa shape index (κ3) is 5.54. The molecule has 0 spiro atoms. The molecule has 2 rings (SSSR count). The third-order valence-corrected chi connectivity index (χ3v) is 5.39. The Morgan fingerprint density at radius 1 is 1.12 bits per heavy atom. The van der Waals surface area contributed by atoms with E-state index in [2.05, 4.69) is 36.0 Å². The van der Waals surface area contributed by atoms with Gasteiger partial charge in [0.05, 0.1) is 4.90 Å². The average Bonchev–Trinajstić information content (AvgIpc) is 2.65. The van der Waals surface area contributed by atoms with E-state index in [0.717, 1.165) is 5.56 Å². The van der Waals surface area contributed by atoms with Crippen molar-refractivity contribution in [1.82, 2.24) is 10.0 Å². The van der Waals surface area contributed by atoms with Gasteiger partial charge in [0.2, 0.25) is 15.9 Å². The lowest BCUT2D eigenvalue weighted by atomic mass is 10.0. The minimum Gasteiger partial charge on any atom is -0.348 e. The predicted molar refractivity (Wildman–Crippen MR) is 104 cm³/mol. The fraction of sp³-hybridized carbons (Fsp3) is 0.250. The predicted octanol–water partition coefficient (Wildman–Crippen LogP) is 3.05. The van der Waals surface area contributed by atoms with Gasteiger partial charge in [-0.25, -0.2) is 13.1 Å². The van der Waals surface area contributed by atoms with Crippen LogP contribution in [0.2, 0.25) is 0 Å². The first-order valence-corrected chi connectivity index (χ1v) is 9.88. The standard InChI is InChI=1S/C20H24N2O3S/c1-15(2)18-10-7-16(8-11-18)9-12-20(23)22-14-17-5-4-6-19(13-17)26(24,25)21-3/h4-13,15,21H,14H2,1-3H3,(H,22,23)/b12-9+. The molecule has 138 valence electrons. The molecule has 1 amide bonds. The van der Waals surface area contributed by atoms with Crippen molar-refractivity contribution >= 4 is 22.0 Å². The Kier molecular flexibility index (Phi) is 6.71. The van der Waals surface area contributed by atoms with E-state index in [1.807, 2.05) is 12.1 Å². The summed E-state index contributed by atoms with van der Waals surface area (Å²) in [7, 11) is -2.13. The zero-order chi connectivity index (χ0) is 19.2. The Labute approximate surface area is 155 Å². The Morgan fingerprint density at radius 3 is 2.42 bits per heavy atom. The summed E-state index contributed by atoms with van der Waals surface area (Å²) in [4.78, 5) is 12.1. The molecule has 0 heterocycles. The van der Waals surface area contributed by atoms with E-state index in [0.29, 0.717) is 11.5 Å². The number of rotatable bonds is 7. The lowest BCUT2D eigenvalue weighted by molar-refractivity contribution is -0.116. The molecule has 0 saturated carbocycles. The fourth-order valence-corrected chi connectivity index (χ4v) is 3.15. The molecule has 2 aromatic carbocycles. The quantitative estimate of drug-likeness (QED) is 0.734. The minimum atomic E-state index is -3.49. The largest absolute Gasteiger partial charge is 0.348 e. The van der Waals surface area contributed by atoms with E-state index < -0.39 is 10.0 Å². The highest BCUT2D eigenvalue weighted by Gasteiger charge is 2.11. The van der Waals surface area contributed by atoms with E-state index in [-0.39, 0.29) is 17.3 Å². The van der Waals surface area contributed by atoms with Gasteiger partial charge in [-0.05, 0) is 47.9 Å². The molecule has 0 unspecified atom stereocenters. The van der Waals surface area contributed by atoms with Crippen molar-refractivity contribution in [3.63, 3.8) is 0 Å². The average molecular weight is 372 g/mol. The Hall–Kier alpha value is -2.44. The zero-order valence-electron chi connectivity index (χ0n) is 15.2. The van der Waals surface area contributed by atoms with E-state index in [4.69, 9.17) is 0 Å². The van der Waals surface area contributed by atoms with E-state index in [1.54, 1.807) is 24.3 Å². The lowest BCUT2D eigenvalue weighted by Crippen LogP contribution is -2.21. The molecule has 0 aromatic heterocycles. The van der Waals surface area contributed by atoms with Gasteiger partial charge >= 0.3 is 0 Å². The lowest BCUT2D eigenvalue weighted by Gasteiger charge is -2.06. The van der Waals surface area contributed by atoms with Crippen LogP contribution in [-0.2, 0) is 21.4 Å². The van der Waals surface area contributed by atoms with Crippen LogP contribution in [0.5, 0.6) is 0 Å². The van der Waals surface area contributed by atoms with E-state index in [9.17, 15) is 13.2 Å². The number of hydrogen-bond acceptors (Lipinski definition) is 3. The minimum absolute atomic E-state index is 0.174. The molecular weight excluding hydrogens is 348 g/mol. The molecule has 0 fully saturated rings. The van der Waals surface area contributed by atoms with Crippen LogP contribution in [0.4, 0.5) is 0 Å². The summed E-state index contributed by atoms with van der Waals surface area (Å²) in [6, 6.07) is 14.5. The van der Waals surface area contributed by atoms with Crippen molar-refractivity contribution in [3.05, 3.63) is 71.3 Å². The summed E-state index contributed by atoms with van der Waals surface area (Å²) >= 11 is 0. The van der Waals surface area contributed by atoms with Crippen molar-refractivity contribution in [2.75, 3.05) is 7.05 Å². The maximum absolute atomic E-state index is 12.0. The highest BCUT2D eigenvalue weighted by molar-refractivity contribution is 7.89. The number of carbonyl (C=O) groups excluding carboxylic acids is 1. The maximum atomic E-state index is 12.0. The van der Waals surface area contributed by atoms with Gasteiger partial charge < -0.3 is 5.32 Å². The zero-order valence-corrected chi connectivity index (χ0v) is 16.0. The van der Waals surface area contributed by atoms with Gasteiger partial charge in [-0.1, -0.05) is 50.2 Å². The number of sulfonamides is 1. The number of carbonyl (C=O) groups is 1. The van der Waals surface area contributed by atoms with Gasteiger partial charge in [0, 0.05) is 12.6 Å². The molecule has 2 N–H and O–H groups in total. The molecule has 0 bridgehead atoms. The second kappa shape index (κ2) is 8.78. The van der Waals surface area contributed by atoms with Crippen LogP contribution in [0.25, 0.3) is 6.08 Å². The second-order valence-electron chi connectivity index (χ2n) is 6.23. The van der Waals surface area contributed by atoms with Crippen LogP contribution >= 0.6 is 0 Å². The molecular formula is C20H24N2O3S. The van der Waals surface area contributed by atoms with E-state index in [1.165, 1.54) is 24.8 Å². The first-order valence-electron chi connectivity index (χ1n) is 8.40. The topological polar surface area (TPSA) is 75.3 Å². The highest BCUT2D eigenvalue weighted by Crippen LogP contribution is 2.15. The van der Waals surface area contributed by atoms with Crippen LogP contribution < -0.4 is 10.0 Å². The van der Waals surface area contributed by atoms with Crippen molar-refractivity contribution in [2.24, 2.45) is 0 Å². The molecule has 0 aliphatic rings. The molecule has 0 radical (unpaired) electrons. The summed E-state index contributed by atoms with van der Waals surface area (Å²) < 4.78 is 25.9. The number of benzene rings is 2. The van der Waals surface area contributed by atoms with E-state index >= 15 is 0 Å². The van der Waals surface area contributed by atoms with Crippen molar-refractivity contribution in [1.29, 1.82) is 0 Å². The molecule has 5 nitrogen and oxygen atoms in total. The van der Waals surface area contributed by atoms with Gasteiger partial charge in [-0.2, -0.15) is 0 Å². The molecule has 0 aliphatic carbocycles. The number of amides is 1. The van der Waals surface area contributed by atoms with Gasteiger partial charge in [-0.3, -0.25) is 4.79 Å². The van der Waals surface area contributed by atoms with Gasteiger partial charge in [-0.15, -0.1) is 0 Å². The molecule has 2 aromatic rings. The van der Waals surface area contributed by atoms with Crippen LogP contribution in [0.1, 0.15) is 36.5 Å². The third-order valence-electron chi connectivity index (χ3n) is 3.97. The second-order valence-corrected chi connectivity index (χ2v) is 8.11. The molecule has 0 saturated heterocycles. The molecule has 0 atom stereocenters. The van der Waals surface area contributed by atoms with Gasteiger partial charge in [0.1, 0.15) is 0 Å². The van der Waals surface area contributed by atoms with Gasteiger partial charge in [0.15, 0.2) is 0 Å². The van der Waals surface area contributed by atoms with Crippen LogP contribution in [0, 0.1) is 0 Å². The summed E-state index contributed by atoms with van der Waals surface area (Å²) in [5.41, 5.74) is 2.92. The summed E-state index contributed by atoms with van der Waals surface area (Å²) in [6.45, 7) is 4.52. The Balaban J connectivity index is 1.95. The van der Waals surface area contributed by atoms with Crippen LogP contribution in [0.3, 0.4) is 0 Å². The number of nitrogens with one attached hydrogen (secondary N) is 2. The monoisotopic (exact) mass is 372 g/mol. The molecule has 26 heavy (non-hydrogen) atoms. The first-order chi connectivity index (χ1) is 12.3. The summed E-state index contributed by atoms with van der Waals surface area (Å²) in [5, 5.41) is 2.75. The molecule has 0 aliphatic heterocycles.